The van der Waals surface area contributed by atoms with Gasteiger partial charge in [0, 0.05) is 31.9 Å². The van der Waals surface area contributed by atoms with Gasteiger partial charge in [-0.15, -0.1) is 0 Å². The Kier molecular flexibility index (Phi) is 3.02. The minimum Gasteiger partial charge on any atom is -0.368 e. The Balaban J connectivity index is 2.91. The van der Waals surface area contributed by atoms with E-state index in [4.69, 9.17) is 11.5 Å². The highest BCUT2D eigenvalue weighted by molar-refractivity contribution is 5.47. The van der Waals surface area contributed by atoms with Gasteiger partial charge in [0.2, 0.25) is 5.95 Å². The van der Waals surface area contributed by atoms with Crippen LogP contribution in [0.5, 0.6) is 0 Å². The van der Waals surface area contributed by atoms with Gasteiger partial charge in [-0.2, -0.15) is 4.98 Å². The molecule has 0 amide bonds. The van der Waals surface area contributed by atoms with E-state index >= 15 is 0 Å². The largest absolute Gasteiger partial charge is 0.368 e. The van der Waals surface area contributed by atoms with Crippen molar-refractivity contribution in [3.8, 4) is 0 Å². The maximum atomic E-state index is 5.48. The van der Waals surface area contributed by atoms with Gasteiger partial charge in [-0.25, -0.2) is 4.98 Å². The second-order valence-electron chi connectivity index (χ2n) is 2.95. The number of rotatable bonds is 3. The van der Waals surface area contributed by atoms with Crippen LogP contribution in [0.4, 0.5) is 11.8 Å². The fraction of sp³-hybridized carbons (Fsp3) is 0.500. The maximum Gasteiger partial charge on any atom is 0.221 e. The first-order valence-corrected chi connectivity index (χ1v) is 4.15. The topological polar surface area (TPSA) is 81.1 Å². The predicted molar refractivity (Wildman–Crippen MR) is 53.5 cm³/mol. The highest BCUT2D eigenvalue weighted by Gasteiger charge is 2.05. The highest BCUT2D eigenvalue weighted by Crippen LogP contribution is 2.14. The molecular weight excluding hydrogens is 166 g/mol. The Morgan fingerprint density at radius 2 is 2.23 bits per heavy atom. The van der Waals surface area contributed by atoms with E-state index in [1.807, 2.05) is 18.9 Å². The van der Waals surface area contributed by atoms with Gasteiger partial charge in [0.1, 0.15) is 5.82 Å². The molecule has 13 heavy (non-hydrogen) atoms. The molecule has 0 aromatic carbocycles. The third-order valence-electron chi connectivity index (χ3n) is 1.79. The molecule has 1 rings (SSSR count). The molecule has 5 heteroatoms. The molecule has 0 fully saturated rings. The lowest BCUT2D eigenvalue weighted by Crippen LogP contribution is -2.26. The minimum absolute atomic E-state index is 0.296. The quantitative estimate of drug-likeness (QED) is 0.672. The van der Waals surface area contributed by atoms with Crippen molar-refractivity contribution in [3.63, 3.8) is 0 Å². The van der Waals surface area contributed by atoms with Gasteiger partial charge in [0.25, 0.3) is 0 Å². The van der Waals surface area contributed by atoms with E-state index < -0.39 is 0 Å². The summed E-state index contributed by atoms with van der Waals surface area (Å²) < 4.78 is 0. The van der Waals surface area contributed by atoms with Crippen molar-refractivity contribution in [3.05, 3.63) is 11.8 Å². The average Bonchev–Trinajstić information content (AvgIpc) is 2.09. The first kappa shape index (κ1) is 9.73. The van der Waals surface area contributed by atoms with E-state index in [0.717, 1.165) is 17.9 Å². The predicted octanol–water partition coefficient (Wildman–Crippen LogP) is -0.238. The van der Waals surface area contributed by atoms with Crippen LogP contribution in [-0.4, -0.2) is 30.1 Å². The van der Waals surface area contributed by atoms with Crippen LogP contribution < -0.4 is 16.4 Å². The molecule has 72 valence electrons. The van der Waals surface area contributed by atoms with Crippen LogP contribution in [0.15, 0.2) is 6.20 Å². The van der Waals surface area contributed by atoms with Crippen molar-refractivity contribution < 1.29 is 0 Å². The van der Waals surface area contributed by atoms with E-state index in [2.05, 4.69) is 9.97 Å². The first-order chi connectivity index (χ1) is 6.15. The van der Waals surface area contributed by atoms with Gasteiger partial charge in [-0.05, 0) is 6.92 Å². The van der Waals surface area contributed by atoms with Crippen LogP contribution in [0.2, 0.25) is 0 Å². The van der Waals surface area contributed by atoms with Crippen LogP contribution >= 0.6 is 0 Å². The maximum absolute atomic E-state index is 5.48. The van der Waals surface area contributed by atoms with E-state index in [0.29, 0.717) is 12.5 Å². The average molecular weight is 181 g/mol. The van der Waals surface area contributed by atoms with Crippen LogP contribution in [0.1, 0.15) is 5.56 Å². The number of hydrogen-bond donors (Lipinski definition) is 2. The molecule has 0 radical (unpaired) electrons. The molecule has 0 saturated heterocycles. The van der Waals surface area contributed by atoms with Gasteiger partial charge < -0.3 is 16.4 Å². The first-order valence-electron chi connectivity index (χ1n) is 4.15. The number of aryl methyl sites for hydroxylation is 1. The van der Waals surface area contributed by atoms with Crippen molar-refractivity contribution in [1.29, 1.82) is 0 Å². The zero-order chi connectivity index (χ0) is 9.84. The van der Waals surface area contributed by atoms with Gasteiger partial charge in [-0.3, -0.25) is 0 Å². The van der Waals surface area contributed by atoms with Crippen molar-refractivity contribution in [1.82, 2.24) is 9.97 Å². The smallest absolute Gasteiger partial charge is 0.221 e. The summed E-state index contributed by atoms with van der Waals surface area (Å²) in [5, 5.41) is 0. The number of nitrogen functional groups attached to an aromatic ring is 1. The molecule has 4 N–H and O–H groups in total. The standard InChI is InChI=1S/C8H15N5/c1-6-5-11-8(10)12-7(6)13(2)4-3-9/h5H,3-4,9H2,1-2H3,(H2,10,11,12). The molecule has 0 unspecified atom stereocenters. The molecule has 0 spiro atoms. The van der Waals surface area contributed by atoms with Gasteiger partial charge >= 0.3 is 0 Å². The Morgan fingerprint density at radius 1 is 1.54 bits per heavy atom. The molecule has 0 aliphatic rings. The fourth-order valence-electron chi connectivity index (χ4n) is 1.13. The molecule has 5 nitrogen and oxygen atoms in total. The highest BCUT2D eigenvalue weighted by atomic mass is 15.2. The van der Waals surface area contributed by atoms with Crippen LogP contribution in [-0.2, 0) is 0 Å². The molecule has 0 aliphatic heterocycles. The monoisotopic (exact) mass is 181 g/mol. The minimum atomic E-state index is 0.296. The SMILES string of the molecule is Cc1cnc(N)nc1N(C)CCN. The third-order valence-corrected chi connectivity index (χ3v) is 1.79. The van der Waals surface area contributed by atoms with E-state index in [-0.39, 0.29) is 0 Å². The normalized spacial score (nSPS) is 10.1. The third kappa shape index (κ3) is 2.29. The summed E-state index contributed by atoms with van der Waals surface area (Å²) in [6, 6.07) is 0. The summed E-state index contributed by atoms with van der Waals surface area (Å²) in [6.07, 6.45) is 1.71. The van der Waals surface area contributed by atoms with E-state index in [9.17, 15) is 0 Å². The summed E-state index contributed by atoms with van der Waals surface area (Å²) in [7, 11) is 1.93. The Labute approximate surface area is 77.8 Å². The summed E-state index contributed by atoms with van der Waals surface area (Å²) in [5.74, 6) is 1.14. The number of hydrogen-bond acceptors (Lipinski definition) is 5. The van der Waals surface area contributed by atoms with Crippen LogP contribution in [0, 0.1) is 6.92 Å². The van der Waals surface area contributed by atoms with Gasteiger partial charge in [0.15, 0.2) is 0 Å². The molecule has 0 aliphatic carbocycles. The summed E-state index contributed by atoms with van der Waals surface area (Å²) in [5.41, 5.74) is 11.9. The molecule has 1 heterocycles. The Bertz CT molecular complexity index is 286. The molecule has 0 atom stereocenters. The molecule has 0 saturated carbocycles. The fourth-order valence-corrected chi connectivity index (χ4v) is 1.13. The lowest BCUT2D eigenvalue weighted by Gasteiger charge is -2.18. The molecule has 1 aromatic rings. The number of nitrogens with two attached hydrogens (primary N) is 2. The van der Waals surface area contributed by atoms with Gasteiger partial charge in [0.05, 0.1) is 0 Å². The second-order valence-corrected chi connectivity index (χ2v) is 2.95. The van der Waals surface area contributed by atoms with E-state index in [1.165, 1.54) is 0 Å². The zero-order valence-electron chi connectivity index (χ0n) is 7.99. The van der Waals surface area contributed by atoms with Crippen molar-refractivity contribution in [2.45, 2.75) is 6.92 Å². The number of anilines is 2. The number of likely N-dealkylation sites (N-methyl/N-ethyl adjacent to an activating group) is 1. The number of aromatic nitrogens is 2. The Morgan fingerprint density at radius 3 is 2.85 bits per heavy atom. The molecule has 0 bridgehead atoms. The second kappa shape index (κ2) is 4.04. The number of nitrogens with zero attached hydrogens (tertiary/aromatic N) is 3. The summed E-state index contributed by atoms with van der Waals surface area (Å²) in [6.45, 7) is 3.30. The molecular formula is C8H15N5. The van der Waals surface area contributed by atoms with E-state index in [1.54, 1.807) is 6.20 Å². The van der Waals surface area contributed by atoms with Crippen molar-refractivity contribution in [2.24, 2.45) is 5.73 Å². The van der Waals surface area contributed by atoms with Crippen molar-refractivity contribution >= 4 is 11.8 Å². The van der Waals surface area contributed by atoms with Crippen molar-refractivity contribution in [2.75, 3.05) is 30.8 Å². The van der Waals surface area contributed by atoms with Crippen LogP contribution in [0.25, 0.3) is 0 Å². The van der Waals surface area contributed by atoms with Crippen LogP contribution in [0.3, 0.4) is 0 Å². The van der Waals surface area contributed by atoms with Gasteiger partial charge in [-0.1, -0.05) is 0 Å². The Hall–Kier alpha value is -1.36. The lowest BCUT2D eigenvalue weighted by molar-refractivity contribution is 0.860. The summed E-state index contributed by atoms with van der Waals surface area (Å²) >= 11 is 0. The lowest BCUT2D eigenvalue weighted by atomic mass is 10.3. The summed E-state index contributed by atoms with van der Waals surface area (Å²) in [4.78, 5) is 9.98. The zero-order valence-corrected chi connectivity index (χ0v) is 7.99. The molecule has 1 aromatic heterocycles.